The van der Waals surface area contributed by atoms with E-state index in [0.29, 0.717) is 6.04 Å². The number of pyridine rings is 1. The Labute approximate surface area is 213 Å². The molecular weight excluding hydrogens is 444 g/mol. The van der Waals surface area contributed by atoms with Crippen molar-refractivity contribution in [1.29, 1.82) is 0 Å². The van der Waals surface area contributed by atoms with Gasteiger partial charge in [-0.2, -0.15) is 0 Å². The van der Waals surface area contributed by atoms with Gasteiger partial charge in [0.25, 0.3) is 5.91 Å². The van der Waals surface area contributed by atoms with E-state index in [1.807, 2.05) is 42.5 Å². The molecule has 0 unspecified atom stereocenters. The Bertz CT molecular complexity index is 1330. The fraction of sp³-hybridized carbons (Fsp3) is 0.290. The topological polar surface area (TPSA) is 57.3 Å². The second-order valence-corrected chi connectivity index (χ2v) is 9.92. The van der Waals surface area contributed by atoms with Crippen LogP contribution in [0.4, 0.5) is 11.5 Å². The zero-order chi connectivity index (χ0) is 24.9. The lowest BCUT2D eigenvalue weighted by Gasteiger charge is -2.30. The molecule has 0 radical (unpaired) electrons. The van der Waals surface area contributed by atoms with E-state index < -0.39 is 0 Å². The number of para-hydroxylation sites is 1. The standard InChI is InChI=1S/C31H34N4O/c1-35(2)29-21-30(34-28-15-9-8-14-27(28)29)32-24-16-18-25(19-17-24)33-31(36)26-13-7-6-12-23(26)20-22-10-4-3-5-11-22/h3-15,21,24-25H,16-20H2,1-2H3,(H,32,34)(H,33,36)/t24-,25+. The second kappa shape index (κ2) is 10.8. The number of carbonyl (C=O) groups is 1. The molecule has 3 aromatic carbocycles. The summed E-state index contributed by atoms with van der Waals surface area (Å²) in [7, 11) is 4.13. The van der Waals surface area contributed by atoms with Crippen LogP contribution in [0.2, 0.25) is 0 Å². The first-order valence-electron chi connectivity index (χ1n) is 12.8. The molecule has 0 bridgehead atoms. The number of hydrogen-bond donors (Lipinski definition) is 2. The van der Waals surface area contributed by atoms with Crippen LogP contribution >= 0.6 is 0 Å². The van der Waals surface area contributed by atoms with Gasteiger partial charge in [0, 0.05) is 48.9 Å². The molecule has 0 saturated heterocycles. The van der Waals surface area contributed by atoms with Gasteiger partial charge < -0.3 is 15.5 Å². The van der Waals surface area contributed by atoms with E-state index in [1.54, 1.807) is 0 Å². The predicted octanol–water partition coefficient (Wildman–Crippen LogP) is 6.04. The monoisotopic (exact) mass is 478 g/mol. The normalized spacial score (nSPS) is 17.5. The van der Waals surface area contributed by atoms with Gasteiger partial charge in [0.05, 0.1) is 5.52 Å². The van der Waals surface area contributed by atoms with Gasteiger partial charge in [-0.05, 0) is 55.4 Å². The first-order chi connectivity index (χ1) is 17.6. The number of amides is 1. The zero-order valence-electron chi connectivity index (χ0n) is 21.1. The van der Waals surface area contributed by atoms with Gasteiger partial charge in [-0.3, -0.25) is 4.79 Å². The van der Waals surface area contributed by atoms with E-state index in [2.05, 4.69) is 72.1 Å². The summed E-state index contributed by atoms with van der Waals surface area (Å²) in [6, 6.07) is 29.2. The average Bonchev–Trinajstić information content (AvgIpc) is 2.90. The maximum atomic E-state index is 13.2. The number of benzene rings is 3. The second-order valence-electron chi connectivity index (χ2n) is 9.92. The highest BCUT2D eigenvalue weighted by Crippen LogP contribution is 2.29. The number of nitrogens with one attached hydrogen (secondary N) is 2. The minimum atomic E-state index is 0.0322. The third kappa shape index (κ3) is 5.51. The van der Waals surface area contributed by atoms with Crippen LogP contribution in [-0.4, -0.2) is 37.1 Å². The van der Waals surface area contributed by atoms with Gasteiger partial charge in [-0.15, -0.1) is 0 Å². The van der Waals surface area contributed by atoms with Gasteiger partial charge in [0.2, 0.25) is 0 Å². The average molecular weight is 479 g/mol. The van der Waals surface area contributed by atoms with Crippen LogP contribution in [0, 0.1) is 0 Å². The molecule has 0 aliphatic heterocycles. The van der Waals surface area contributed by atoms with Crippen molar-refractivity contribution >= 4 is 28.3 Å². The highest BCUT2D eigenvalue weighted by Gasteiger charge is 2.24. The molecule has 1 heterocycles. The minimum Gasteiger partial charge on any atom is -0.377 e. The lowest BCUT2D eigenvalue weighted by molar-refractivity contribution is 0.0925. The Kier molecular flexibility index (Phi) is 7.17. The molecule has 184 valence electrons. The molecule has 1 aliphatic carbocycles. The van der Waals surface area contributed by atoms with Crippen LogP contribution in [0.25, 0.3) is 10.9 Å². The van der Waals surface area contributed by atoms with Crippen molar-refractivity contribution in [1.82, 2.24) is 10.3 Å². The van der Waals surface area contributed by atoms with Crippen molar-refractivity contribution in [2.75, 3.05) is 24.3 Å². The maximum absolute atomic E-state index is 13.2. The van der Waals surface area contributed by atoms with Crippen molar-refractivity contribution in [2.45, 2.75) is 44.2 Å². The van der Waals surface area contributed by atoms with E-state index >= 15 is 0 Å². The molecule has 4 aromatic rings. The fourth-order valence-electron chi connectivity index (χ4n) is 5.17. The Morgan fingerprint density at radius 2 is 1.53 bits per heavy atom. The lowest BCUT2D eigenvalue weighted by Crippen LogP contribution is -2.40. The summed E-state index contributed by atoms with van der Waals surface area (Å²) >= 11 is 0. The third-order valence-corrected chi connectivity index (χ3v) is 7.09. The van der Waals surface area contributed by atoms with E-state index in [-0.39, 0.29) is 11.9 Å². The van der Waals surface area contributed by atoms with Gasteiger partial charge in [0.1, 0.15) is 5.82 Å². The number of fused-ring (bicyclic) bond motifs is 1. The summed E-state index contributed by atoms with van der Waals surface area (Å²) in [6.07, 6.45) is 4.68. The van der Waals surface area contributed by atoms with E-state index in [1.165, 1.54) is 11.3 Å². The molecule has 1 amide bonds. The first kappa shape index (κ1) is 23.9. The Hall–Kier alpha value is -3.86. The maximum Gasteiger partial charge on any atom is 0.251 e. The van der Waals surface area contributed by atoms with Crippen molar-refractivity contribution in [3.63, 3.8) is 0 Å². The number of rotatable bonds is 7. The Morgan fingerprint density at radius 1 is 0.861 bits per heavy atom. The van der Waals surface area contributed by atoms with Crippen molar-refractivity contribution in [3.05, 3.63) is 102 Å². The van der Waals surface area contributed by atoms with E-state index in [9.17, 15) is 4.79 Å². The molecule has 5 heteroatoms. The van der Waals surface area contributed by atoms with Crippen LogP contribution < -0.4 is 15.5 Å². The number of anilines is 2. The molecule has 0 spiro atoms. The predicted molar refractivity (Wildman–Crippen MR) is 149 cm³/mol. The highest BCUT2D eigenvalue weighted by atomic mass is 16.1. The fourth-order valence-corrected chi connectivity index (χ4v) is 5.17. The summed E-state index contributed by atoms with van der Waals surface area (Å²) in [4.78, 5) is 20.2. The van der Waals surface area contributed by atoms with Gasteiger partial charge in [-0.1, -0.05) is 66.7 Å². The molecule has 2 N–H and O–H groups in total. The van der Waals surface area contributed by atoms with Crippen LogP contribution in [0.5, 0.6) is 0 Å². The summed E-state index contributed by atoms with van der Waals surface area (Å²) in [5.41, 5.74) is 5.22. The summed E-state index contributed by atoms with van der Waals surface area (Å²) in [5, 5.41) is 8.12. The zero-order valence-corrected chi connectivity index (χ0v) is 21.1. The number of carbonyl (C=O) groups excluding carboxylic acids is 1. The molecule has 1 fully saturated rings. The van der Waals surface area contributed by atoms with Crippen molar-refractivity contribution < 1.29 is 4.79 Å². The first-order valence-corrected chi connectivity index (χ1v) is 12.8. The molecule has 1 saturated carbocycles. The molecule has 1 aliphatic rings. The SMILES string of the molecule is CN(C)c1cc(N[C@H]2CC[C@@H](NC(=O)c3ccccc3Cc3ccccc3)CC2)nc2ccccc12. The molecule has 0 atom stereocenters. The van der Waals surface area contributed by atoms with Crippen LogP contribution in [-0.2, 0) is 6.42 Å². The van der Waals surface area contributed by atoms with E-state index in [4.69, 9.17) is 4.98 Å². The number of nitrogens with zero attached hydrogens (tertiary/aromatic N) is 2. The Morgan fingerprint density at radius 3 is 2.31 bits per heavy atom. The van der Waals surface area contributed by atoms with Gasteiger partial charge >= 0.3 is 0 Å². The number of hydrogen-bond acceptors (Lipinski definition) is 4. The summed E-state index contributed by atoms with van der Waals surface area (Å²) in [6.45, 7) is 0. The smallest absolute Gasteiger partial charge is 0.251 e. The summed E-state index contributed by atoms with van der Waals surface area (Å²) < 4.78 is 0. The van der Waals surface area contributed by atoms with E-state index in [0.717, 1.165) is 60.0 Å². The van der Waals surface area contributed by atoms with Crippen LogP contribution in [0.3, 0.4) is 0 Å². The quantitative estimate of drug-likeness (QED) is 0.340. The molecule has 36 heavy (non-hydrogen) atoms. The van der Waals surface area contributed by atoms with Crippen LogP contribution in [0.15, 0.2) is 84.9 Å². The number of aromatic nitrogens is 1. The lowest BCUT2D eigenvalue weighted by atomic mass is 9.90. The van der Waals surface area contributed by atoms with Crippen LogP contribution in [0.1, 0.15) is 47.2 Å². The van der Waals surface area contributed by atoms with Crippen molar-refractivity contribution in [2.24, 2.45) is 0 Å². The third-order valence-electron chi connectivity index (χ3n) is 7.09. The van der Waals surface area contributed by atoms with Crippen molar-refractivity contribution in [3.8, 4) is 0 Å². The van der Waals surface area contributed by atoms with Gasteiger partial charge in [0.15, 0.2) is 0 Å². The summed E-state index contributed by atoms with van der Waals surface area (Å²) in [5.74, 6) is 0.949. The molecule has 5 rings (SSSR count). The van der Waals surface area contributed by atoms with Gasteiger partial charge in [-0.25, -0.2) is 4.98 Å². The largest absolute Gasteiger partial charge is 0.377 e. The molecular formula is C31H34N4O. The molecule has 1 aromatic heterocycles. The highest BCUT2D eigenvalue weighted by molar-refractivity contribution is 5.96. The minimum absolute atomic E-state index is 0.0322. The Balaban J connectivity index is 1.20. The molecule has 5 nitrogen and oxygen atoms in total.